The van der Waals surface area contributed by atoms with Crippen LogP contribution < -0.4 is 0 Å². The summed E-state index contributed by atoms with van der Waals surface area (Å²) in [6.45, 7) is 8.91. The minimum absolute atomic E-state index is 0.267. The summed E-state index contributed by atoms with van der Waals surface area (Å²) < 4.78 is 10.1. The minimum Gasteiger partial charge on any atom is -0.464 e. The molecule has 0 saturated carbocycles. The molecule has 6 nitrogen and oxygen atoms in total. The van der Waals surface area contributed by atoms with E-state index in [0.717, 1.165) is 4.90 Å². The third-order valence-electron chi connectivity index (χ3n) is 2.12. The Balaban J connectivity index is 4.84. The molecular weight excluding hydrogens is 248 g/mol. The Morgan fingerprint density at radius 3 is 2.26 bits per heavy atom. The van der Waals surface area contributed by atoms with Gasteiger partial charge in [-0.1, -0.05) is 13.8 Å². The number of amides is 1. The van der Waals surface area contributed by atoms with Crippen LogP contribution >= 0.6 is 0 Å². The zero-order valence-electron chi connectivity index (χ0n) is 12.2. The summed E-state index contributed by atoms with van der Waals surface area (Å²) in [6, 6.07) is -0.939. The number of esters is 1. The normalized spacial score (nSPS) is 12.2. The van der Waals surface area contributed by atoms with Crippen LogP contribution in [0.2, 0.25) is 0 Å². The number of nitriles is 1. The van der Waals surface area contributed by atoms with Crippen molar-refractivity contribution >= 4 is 12.1 Å². The standard InChI is InChI=1S/C13H22N2O4/c1-6-8-18-11(16)10(7-2)15(9-14)12(17)19-13(3,4)5/h10H,6-8H2,1-5H3. The number of carbonyl (C=O) groups excluding carboxylic acids is 2. The molecule has 0 heterocycles. The molecule has 0 N–H and O–H groups in total. The summed E-state index contributed by atoms with van der Waals surface area (Å²) in [7, 11) is 0. The molecule has 19 heavy (non-hydrogen) atoms. The number of hydrogen-bond acceptors (Lipinski definition) is 5. The van der Waals surface area contributed by atoms with Gasteiger partial charge >= 0.3 is 12.1 Å². The SMILES string of the molecule is CCCOC(=O)C(CC)N(C#N)C(=O)OC(C)(C)C. The van der Waals surface area contributed by atoms with E-state index in [1.54, 1.807) is 33.9 Å². The Hall–Kier alpha value is -1.77. The molecule has 0 fully saturated rings. The van der Waals surface area contributed by atoms with Gasteiger partial charge in [0.25, 0.3) is 0 Å². The zero-order valence-corrected chi connectivity index (χ0v) is 12.2. The Morgan fingerprint density at radius 1 is 1.32 bits per heavy atom. The fourth-order valence-electron chi connectivity index (χ4n) is 1.30. The summed E-state index contributed by atoms with van der Waals surface area (Å²) in [5.41, 5.74) is -0.724. The molecule has 1 unspecified atom stereocenters. The fraction of sp³-hybridized carbons (Fsp3) is 0.769. The van der Waals surface area contributed by atoms with Gasteiger partial charge in [-0.2, -0.15) is 10.2 Å². The van der Waals surface area contributed by atoms with Crippen molar-refractivity contribution < 1.29 is 19.1 Å². The van der Waals surface area contributed by atoms with E-state index in [2.05, 4.69) is 0 Å². The lowest BCUT2D eigenvalue weighted by Gasteiger charge is -2.26. The maximum Gasteiger partial charge on any atom is 0.424 e. The molecule has 0 bridgehead atoms. The molecule has 1 atom stereocenters. The van der Waals surface area contributed by atoms with Crippen LogP contribution in [0, 0.1) is 11.5 Å². The Labute approximate surface area is 114 Å². The van der Waals surface area contributed by atoms with Crippen molar-refractivity contribution in [3.8, 4) is 6.19 Å². The first-order valence-electron chi connectivity index (χ1n) is 6.35. The van der Waals surface area contributed by atoms with Crippen LogP contribution in [0.4, 0.5) is 4.79 Å². The second kappa shape index (κ2) is 7.62. The molecule has 0 aromatic heterocycles. The van der Waals surface area contributed by atoms with Gasteiger partial charge in [-0.3, -0.25) is 0 Å². The van der Waals surface area contributed by atoms with Gasteiger partial charge in [-0.15, -0.1) is 0 Å². The molecule has 0 aliphatic carbocycles. The number of hydrogen-bond donors (Lipinski definition) is 0. The molecule has 0 radical (unpaired) electrons. The molecule has 108 valence electrons. The number of rotatable bonds is 5. The molecule has 0 spiro atoms. The third-order valence-corrected chi connectivity index (χ3v) is 2.12. The topological polar surface area (TPSA) is 79.6 Å². The van der Waals surface area contributed by atoms with E-state index in [0.29, 0.717) is 6.42 Å². The Kier molecular flexibility index (Phi) is 6.91. The average Bonchev–Trinajstić information content (AvgIpc) is 2.30. The first-order chi connectivity index (χ1) is 8.76. The van der Waals surface area contributed by atoms with Crippen LogP contribution in [0.3, 0.4) is 0 Å². The van der Waals surface area contributed by atoms with E-state index in [-0.39, 0.29) is 13.0 Å². The van der Waals surface area contributed by atoms with Crippen LogP contribution in [0.15, 0.2) is 0 Å². The third kappa shape index (κ3) is 6.09. The van der Waals surface area contributed by atoms with Crippen molar-refractivity contribution in [1.29, 1.82) is 5.26 Å². The summed E-state index contributed by atoms with van der Waals surface area (Å²) in [4.78, 5) is 24.3. The maximum absolute atomic E-state index is 11.8. The van der Waals surface area contributed by atoms with Gasteiger partial charge in [0.05, 0.1) is 6.61 Å². The zero-order chi connectivity index (χ0) is 15.1. The van der Waals surface area contributed by atoms with E-state index in [4.69, 9.17) is 14.7 Å². The van der Waals surface area contributed by atoms with Crippen molar-refractivity contribution in [1.82, 2.24) is 4.90 Å². The molecule has 0 aliphatic rings. The molecule has 1 amide bonds. The summed E-state index contributed by atoms with van der Waals surface area (Å²) in [5.74, 6) is -0.586. The van der Waals surface area contributed by atoms with Crippen molar-refractivity contribution in [2.45, 2.75) is 59.1 Å². The Morgan fingerprint density at radius 2 is 1.89 bits per heavy atom. The van der Waals surface area contributed by atoms with Gasteiger partial charge in [-0.05, 0) is 33.6 Å². The highest BCUT2D eigenvalue weighted by atomic mass is 16.6. The first kappa shape index (κ1) is 17.2. The van der Waals surface area contributed by atoms with Crippen molar-refractivity contribution in [3.05, 3.63) is 0 Å². The van der Waals surface area contributed by atoms with E-state index in [1.165, 1.54) is 0 Å². The van der Waals surface area contributed by atoms with Crippen LogP contribution in [0.1, 0.15) is 47.5 Å². The van der Waals surface area contributed by atoms with E-state index in [1.807, 2.05) is 6.92 Å². The highest BCUT2D eigenvalue weighted by Gasteiger charge is 2.33. The van der Waals surface area contributed by atoms with Gasteiger partial charge in [-0.25, -0.2) is 9.59 Å². The monoisotopic (exact) mass is 270 g/mol. The maximum atomic E-state index is 11.8. The van der Waals surface area contributed by atoms with Gasteiger partial charge in [0.2, 0.25) is 0 Å². The van der Waals surface area contributed by atoms with Crippen LogP contribution in [0.5, 0.6) is 0 Å². The van der Waals surface area contributed by atoms with Crippen molar-refractivity contribution in [2.75, 3.05) is 6.61 Å². The predicted octanol–water partition coefficient (Wildman–Crippen LogP) is 2.44. The molecule has 6 heteroatoms. The van der Waals surface area contributed by atoms with Crippen LogP contribution in [0.25, 0.3) is 0 Å². The highest BCUT2D eigenvalue weighted by molar-refractivity contribution is 5.82. The molecule has 0 aromatic rings. The Bertz CT molecular complexity index is 355. The quantitative estimate of drug-likeness (QED) is 0.435. The van der Waals surface area contributed by atoms with Crippen LogP contribution in [-0.2, 0) is 14.3 Å². The van der Waals surface area contributed by atoms with Gasteiger partial charge in [0.1, 0.15) is 11.6 Å². The van der Waals surface area contributed by atoms with Crippen LogP contribution in [-0.4, -0.2) is 35.2 Å². The summed E-state index contributed by atoms with van der Waals surface area (Å²) >= 11 is 0. The van der Waals surface area contributed by atoms with E-state index < -0.39 is 23.7 Å². The molecule has 0 aromatic carbocycles. The number of ether oxygens (including phenoxy) is 2. The molecule has 0 aliphatic heterocycles. The number of nitrogens with zero attached hydrogens (tertiary/aromatic N) is 2. The lowest BCUT2D eigenvalue weighted by atomic mass is 10.2. The van der Waals surface area contributed by atoms with E-state index >= 15 is 0 Å². The second-order valence-electron chi connectivity index (χ2n) is 5.04. The lowest BCUT2D eigenvalue weighted by molar-refractivity contribution is -0.148. The summed E-state index contributed by atoms with van der Waals surface area (Å²) in [6.07, 6.45) is 1.82. The largest absolute Gasteiger partial charge is 0.464 e. The van der Waals surface area contributed by atoms with Crippen molar-refractivity contribution in [2.24, 2.45) is 0 Å². The predicted molar refractivity (Wildman–Crippen MR) is 69.0 cm³/mol. The minimum atomic E-state index is -0.939. The molecule has 0 saturated heterocycles. The lowest BCUT2D eigenvalue weighted by Crippen LogP contribution is -2.44. The van der Waals surface area contributed by atoms with Gasteiger partial charge in [0, 0.05) is 0 Å². The average molecular weight is 270 g/mol. The molecule has 0 rings (SSSR count). The molecular formula is C13H22N2O4. The summed E-state index contributed by atoms with van der Waals surface area (Å²) in [5, 5.41) is 9.04. The second-order valence-corrected chi connectivity index (χ2v) is 5.04. The van der Waals surface area contributed by atoms with Gasteiger partial charge in [0.15, 0.2) is 6.19 Å². The van der Waals surface area contributed by atoms with Gasteiger partial charge < -0.3 is 9.47 Å². The van der Waals surface area contributed by atoms with Crippen molar-refractivity contribution in [3.63, 3.8) is 0 Å². The number of carbonyl (C=O) groups is 2. The van der Waals surface area contributed by atoms with E-state index in [9.17, 15) is 9.59 Å². The smallest absolute Gasteiger partial charge is 0.424 e. The highest BCUT2D eigenvalue weighted by Crippen LogP contribution is 2.14. The first-order valence-corrected chi connectivity index (χ1v) is 6.35. The fourth-order valence-corrected chi connectivity index (χ4v) is 1.30.